The fraction of sp³-hybridized carbons (Fsp3) is 0.0667. The van der Waals surface area contributed by atoms with Crippen LogP contribution in [0.4, 0.5) is 5.13 Å². The molecule has 0 radical (unpaired) electrons. The number of phenols is 1. The summed E-state index contributed by atoms with van der Waals surface area (Å²) in [5.41, 5.74) is 0.403. The molecule has 0 bridgehead atoms. The first-order valence-electron chi connectivity index (χ1n) is 6.87. The minimum Gasteiger partial charge on any atom is -0.507 e. The van der Waals surface area contributed by atoms with E-state index in [0.717, 1.165) is 11.8 Å². The molecule has 0 atom stereocenters. The number of aromatic hydroxyl groups is 1. The molecule has 2 heterocycles. The average Bonchev–Trinajstić information content (AvgIpc) is 3.15. The van der Waals surface area contributed by atoms with Gasteiger partial charge < -0.3 is 10.4 Å². The van der Waals surface area contributed by atoms with Crippen molar-refractivity contribution in [3.8, 4) is 5.75 Å². The highest BCUT2D eigenvalue weighted by Crippen LogP contribution is 2.34. The molecule has 1 aromatic heterocycles. The number of thioether (sulfide) groups is 1. The van der Waals surface area contributed by atoms with Crippen LogP contribution in [0.15, 0.2) is 34.7 Å². The third-order valence-electron chi connectivity index (χ3n) is 3.13. The van der Waals surface area contributed by atoms with Gasteiger partial charge in [0.15, 0.2) is 5.13 Å². The Morgan fingerprint density at radius 3 is 3.00 bits per heavy atom. The van der Waals surface area contributed by atoms with E-state index >= 15 is 0 Å². The van der Waals surface area contributed by atoms with Crippen LogP contribution in [0.1, 0.15) is 5.56 Å². The highest BCUT2D eigenvalue weighted by atomic mass is 35.5. The SMILES string of the molecule is O=C(CN1C(=O)/C(=C/c2cc(Cl)ccc2O)SC1=S)Nc1nccs1. The van der Waals surface area contributed by atoms with Crippen molar-refractivity contribution in [2.24, 2.45) is 0 Å². The maximum atomic E-state index is 12.5. The number of nitrogens with one attached hydrogen (secondary N) is 1. The van der Waals surface area contributed by atoms with Gasteiger partial charge in [0.2, 0.25) is 5.91 Å². The molecule has 128 valence electrons. The summed E-state index contributed by atoms with van der Waals surface area (Å²) in [6, 6.07) is 4.53. The van der Waals surface area contributed by atoms with E-state index in [-0.39, 0.29) is 16.6 Å². The molecule has 10 heteroatoms. The number of phenolic OH excluding ortho intramolecular Hbond substituents is 1. The highest BCUT2D eigenvalue weighted by Gasteiger charge is 2.33. The van der Waals surface area contributed by atoms with E-state index in [0.29, 0.717) is 20.6 Å². The van der Waals surface area contributed by atoms with Crippen LogP contribution in [0, 0.1) is 0 Å². The lowest BCUT2D eigenvalue weighted by atomic mass is 10.2. The molecule has 0 saturated carbocycles. The van der Waals surface area contributed by atoms with Crippen LogP contribution in [-0.2, 0) is 9.59 Å². The fourth-order valence-electron chi connectivity index (χ4n) is 2.01. The smallest absolute Gasteiger partial charge is 0.266 e. The molecular weight excluding hydrogens is 402 g/mol. The van der Waals surface area contributed by atoms with Gasteiger partial charge in [0, 0.05) is 22.2 Å². The summed E-state index contributed by atoms with van der Waals surface area (Å²) in [6.07, 6.45) is 3.07. The van der Waals surface area contributed by atoms with Crippen molar-refractivity contribution in [3.05, 3.63) is 45.3 Å². The maximum Gasteiger partial charge on any atom is 0.266 e. The predicted octanol–water partition coefficient (Wildman–Crippen LogP) is 3.34. The van der Waals surface area contributed by atoms with Gasteiger partial charge in [-0.05, 0) is 24.3 Å². The van der Waals surface area contributed by atoms with Gasteiger partial charge >= 0.3 is 0 Å². The highest BCUT2D eigenvalue weighted by molar-refractivity contribution is 8.26. The molecular formula is C15H10ClN3O3S3. The third-order valence-corrected chi connectivity index (χ3v) is 5.43. The van der Waals surface area contributed by atoms with Gasteiger partial charge in [0.25, 0.3) is 5.91 Å². The molecule has 2 N–H and O–H groups in total. The summed E-state index contributed by atoms with van der Waals surface area (Å²) in [6.45, 7) is -0.205. The minimum atomic E-state index is -0.399. The van der Waals surface area contributed by atoms with Gasteiger partial charge in [0.1, 0.15) is 16.6 Å². The van der Waals surface area contributed by atoms with Crippen LogP contribution in [-0.4, -0.2) is 37.7 Å². The van der Waals surface area contributed by atoms with Crippen molar-refractivity contribution in [2.75, 3.05) is 11.9 Å². The van der Waals surface area contributed by atoms with Crippen molar-refractivity contribution < 1.29 is 14.7 Å². The monoisotopic (exact) mass is 411 g/mol. The van der Waals surface area contributed by atoms with Crippen molar-refractivity contribution in [1.82, 2.24) is 9.88 Å². The number of carbonyl (C=O) groups excluding carboxylic acids is 2. The van der Waals surface area contributed by atoms with E-state index < -0.39 is 11.8 Å². The molecule has 3 rings (SSSR count). The van der Waals surface area contributed by atoms with Gasteiger partial charge in [0.05, 0.1) is 4.91 Å². The number of nitrogens with zero attached hydrogens (tertiary/aromatic N) is 2. The van der Waals surface area contributed by atoms with E-state index in [1.807, 2.05) is 0 Å². The van der Waals surface area contributed by atoms with E-state index in [1.165, 1.54) is 28.4 Å². The molecule has 2 amide bonds. The van der Waals surface area contributed by atoms with Crippen LogP contribution >= 0.6 is 46.9 Å². The number of hydrogen-bond acceptors (Lipinski definition) is 7. The zero-order valence-electron chi connectivity index (χ0n) is 12.4. The molecule has 0 unspecified atom stereocenters. The van der Waals surface area contributed by atoms with Crippen LogP contribution in [0.5, 0.6) is 5.75 Å². The number of amides is 2. The summed E-state index contributed by atoms with van der Waals surface area (Å²) >= 11 is 13.4. The summed E-state index contributed by atoms with van der Waals surface area (Å²) in [5.74, 6) is -0.794. The fourth-order valence-corrected chi connectivity index (χ4v) is 3.98. The number of halogens is 1. The molecule has 1 fully saturated rings. The number of thiazole rings is 1. The second kappa shape index (κ2) is 7.52. The molecule has 0 spiro atoms. The zero-order valence-corrected chi connectivity index (χ0v) is 15.6. The number of benzene rings is 1. The summed E-state index contributed by atoms with van der Waals surface area (Å²) in [4.78, 5) is 30.0. The first-order valence-corrected chi connectivity index (χ1v) is 9.35. The molecule has 2 aromatic rings. The van der Waals surface area contributed by atoms with Crippen LogP contribution in [0.3, 0.4) is 0 Å². The number of carbonyl (C=O) groups is 2. The molecule has 1 aliphatic heterocycles. The van der Waals surface area contributed by atoms with Gasteiger partial charge in [-0.1, -0.05) is 35.6 Å². The molecule has 25 heavy (non-hydrogen) atoms. The first kappa shape index (κ1) is 17.9. The lowest BCUT2D eigenvalue weighted by Crippen LogP contribution is -2.36. The maximum absolute atomic E-state index is 12.5. The second-order valence-corrected chi connectivity index (χ2v) is 7.86. The molecule has 1 aromatic carbocycles. The van der Waals surface area contributed by atoms with Crippen LogP contribution in [0.2, 0.25) is 5.02 Å². The van der Waals surface area contributed by atoms with Crippen LogP contribution < -0.4 is 5.32 Å². The Bertz CT molecular complexity index is 883. The minimum absolute atomic E-state index is 0.00354. The quantitative estimate of drug-likeness (QED) is 0.593. The van der Waals surface area contributed by atoms with E-state index in [4.69, 9.17) is 23.8 Å². The Balaban J connectivity index is 1.74. The lowest BCUT2D eigenvalue weighted by Gasteiger charge is -2.13. The van der Waals surface area contributed by atoms with Crippen molar-refractivity contribution in [3.63, 3.8) is 0 Å². The normalized spacial score (nSPS) is 15.9. The molecule has 6 nitrogen and oxygen atoms in total. The van der Waals surface area contributed by atoms with Crippen molar-refractivity contribution in [2.45, 2.75) is 0 Å². The lowest BCUT2D eigenvalue weighted by molar-refractivity contribution is -0.126. The van der Waals surface area contributed by atoms with Crippen molar-refractivity contribution >= 4 is 74.3 Å². The summed E-state index contributed by atoms with van der Waals surface area (Å²) < 4.78 is 0.270. The number of aromatic nitrogens is 1. The Morgan fingerprint density at radius 2 is 2.28 bits per heavy atom. The largest absolute Gasteiger partial charge is 0.507 e. The second-order valence-electron chi connectivity index (χ2n) is 4.86. The van der Waals surface area contributed by atoms with Crippen molar-refractivity contribution in [1.29, 1.82) is 0 Å². The first-order chi connectivity index (χ1) is 11.9. The topological polar surface area (TPSA) is 82.5 Å². The molecule has 1 aliphatic rings. The standard InChI is InChI=1S/C15H10ClN3O3S3/c16-9-1-2-10(20)8(5-9)6-11-13(22)19(15(23)25-11)7-12(21)18-14-17-3-4-24-14/h1-6,20H,7H2,(H,17,18,21)/b11-6-. The Morgan fingerprint density at radius 1 is 1.48 bits per heavy atom. The zero-order chi connectivity index (χ0) is 18.0. The number of rotatable bonds is 4. The Labute approximate surface area is 161 Å². The Kier molecular flexibility index (Phi) is 5.38. The average molecular weight is 412 g/mol. The van der Waals surface area contributed by atoms with Crippen LogP contribution in [0.25, 0.3) is 6.08 Å². The number of anilines is 1. The van der Waals surface area contributed by atoms with E-state index in [1.54, 1.807) is 23.7 Å². The van der Waals surface area contributed by atoms with E-state index in [9.17, 15) is 14.7 Å². The van der Waals surface area contributed by atoms with Gasteiger partial charge in [-0.3, -0.25) is 14.5 Å². The van der Waals surface area contributed by atoms with Gasteiger partial charge in [-0.25, -0.2) is 4.98 Å². The Hall–Kier alpha value is -1.94. The summed E-state index contributed by atoms with van der Waals surface area (Å²) in [5, 5.41) is 15.1. The predicted molar refractivity (Wildman–Crippen MR) is 104 cm³/mol. The molecule has 1 saturated heterocycles. The van der Waals surface area contributed by atoms with E-state index in [2.05, 4.69) is 10.3 Å². The third kappa shape index (κ3) is 4.18. The molecule has 0 aliphatic carbocycles. The summed E-state index contributed by atoms with van der Waals surface area (Å²) in [7, 11) is 0. The number of thiocarbonyl (C=S) groups is 1. The number of hydrogen-bond donors (Lipinski definition) is 2. The van der Waals surface area contributed by atoms with Gasteiger partial charge in [-0.15, -0.1) is 11.3 Å². The van der Waals surface area contributed by atoms with Gasteiger partial charge in [-0.2, -0.15) is 0 Å².